The third kappa shape index (κ3) is 8.10. The highest BCUT2D eigenvalue weighted by Gasteiger charge is 2.20. The van der Waals surface area contributed by atoms with Crippen LogP contribution in [0.2, 0.25) is 0 Å². The van der Waals surface area contributed by atoms with E-state index in [4.69, 9.17) is 0 Å². The van der Waals surface area contributed by atoms with E-state index in [-0.39, 0.29) is 0 Å². The second kappa shape index (κ2) is 10.6. The van der Waals surface area contributed by atoms with Gasteiger partial charge in [-0.3, -0.25) is 5.01 Å². The normalized spacial score (nSPS) is 13.9. The maximum Gasteiger partial charge on any atom is 0.673 e. The van der Waals surface area contributed by atoms with Crippen LogP contribution in [-0.4, -0.2) is 50.4 Å². The zero-order valence-corrected chi connectivity index (χ0v) is 17.1. The van der Waals surface area contributed by atoms with Crippen LogP contribution in [0.3, 0.4) is 0 Å². The van der Waals surface area contributed by atoms with Crippen LogP contribution in [0.25, 0.3) is 0 Å². The summed E-state index contributed by atoms with van der Waals surface area (Å²) in [5.41, 5.74) is 3.31. The fourth-order valence-electron chi connectivity index (χ4n) is 2.75. The Hall–Kier alpha value is -3.11. The summed E-state index contributed by atoms with van der Waals surface area (Å²) in [7, 11) is -2.13. The molecule has 0 atom stereocenters. The summed E-state index contributed by atoms with van der Waals surface area (Å²) in [5.74, 6) is 0.630. The molecular formula is C19H24BF4N6-. The van der Waals surface area contributed by atoms with Crippen LogP contribution in [0.15, 0.2) is 69.9 Å². The Morgan fingerprint density at radius 2 is 1.57 bits per heavy atom. The SMILES string of the molecule is CCN(Cc1ccccc1)c1ccc(N=NC2=NN(C)CN2C)cc1.F[B-](F)(F)F. The van der Waals surface area contributed by atoms with E-state index in [0.29, 0.717) is 5.96 Å². The van der Waals surface area contributed by atoms with Crippen LogP contribution >= 0.6 is 0 Å². The van der Waals surface area contributed by atoms with E-state index in [9.17, 15) is 17.3 Å². The van der Waals surface area contributed by atoms with Gasteiger partial charge in [-0.15, -0.1) is 15.3 Å². The Labute approximate surface area is 173 Å². The predicted molar refractivity (Wildman–Crippen MR) is 112 cm³/mol. The zero-order chi connectivity index (χ0) is 22.1. The van der Waals surface area contributed by atoms with Crippen molar-refractivity contribution in [2.75, 3.05) is 32.2 Å². The van der Waals surface area contributed by atoms with E-state index >= 15 is 0 Å². The number of hydrogen-bond acceptors (Lipinski definition) is 6. The van der Waals surface area contributed by atoms with Crippen molar-refractivity contribution >= 4 is 24.6 Å². The van der Waals surface area contributed by atoms with Crippen LogP contribution in [0.5, 0.6) is 0 Å². The summed E-state index contributed by atoms with van der Waals surface area (Å²) in [6.07, 6.45) is 0. The van der Waals surface area contributed by atoms with Crippen molar-refractivity contribution in [3.8, 4) is 0 Å². The Balaban J connectivity index is 0.000000575. The van der Waals surface area contributed by atoms with Gasteiger partial charge in [-0.2, -0.15) is 0 Å². The van der Waals surface area contributed by atoms with Crippen molar-refractivity contribution in [1.29, 1.82) is 0 Å². The number of azo groups is 1. The van der Waals surface area contributed by atoms with Crippen LogP contribution in [0.4, 0.5) is 28.6 Å². The van der Waals surface area contributed by atoms with E-state index in [1.54, 1.807) is 0 Å². The first-order valence-corrected chi connectivity index (χ1v) is 9.34. The lowest BCUT2D eigenvalue weighted by Crippen LogP contribution is -2.23. The molecule has 1 heterocycles. The van der Waals surface area contributed by atoms with E-state index < -0.39 is 7.25 Å². The van der Waals surface area contributed by atoms with Crippen molar-refractivity contribution in [2.45, 2.75) is 13.5 Å². The lowest BCUT2D eigenvalue weighted by Gasteiger charge is -2.23. The maximum atomic E-state index is 9.75. The topological polar surface area (TPSA) is 46.8 Å². The van der Waals surface area contributed by atoms with Gasteiger partial charge in [0.15, 0.2) is 0 Å². The minimum absolute atomic E-state index is 0.630. The Morgan fingerprint density at radius 3 is 2.07 bits per heavy atom. The second-order valence-electron chi connectivity index (χ2n) is 6.61. The molecule has 0 amide bonds. The molecule has 0 aliphatic carbocycles. The fourth-order valence-corrected chi connectivity index (χ4v) is 2.75. The average Bonchev–Trinajstić information content (AvgIpc) is 3.01. The van der Waals surface area contributed by atoms with Gasteiger partial charge in [0.1, 0.15) is 6.67 Å². The number of guanidine groups is 1. The molecule has 0 saturated carbocycles. The van der Waals surface area contributed by atoms with Gasteiger partial charge in [-0.25, -0.2) is 0 Å². The summed E-state index contributed by atoms with van der Waals surface area (Å²) < 4.78 is 39.0. The van der Waals surface area contributed by atoms with Gasteiger partial charge in [-0.05, 0) is 36.8 Å². The monoisotopic (exact) mass is 423 g/mol. The summed E-state index contributed by atoms with van der Waals surface area (Å²) in [6.45, 7) is 4.75. The highest BCUT2D eigenvalue weighted by molar-refractivity contribution is 6.50. The summed E-state index contributed by atoms with van der Waals surface area (Å²) in [5, 5.41) is 14.7. The molecule has 1 aliphatic heterocycles. The van der Waals surface area contributed by atoms with Crippen LogP contribution in [0.1, 0.15) is 12.5 Å². The molecule has 0 saturated heterocycles. The minimum Gasteiger partial charge on any atom is -0.418 e. The summed E-state index contributed by atoms with van der Waals surface area (Å²) in [4.78, 5) is 4.29. The summed E-state index contributed by atoms with van der Waals surface area (Å²) >= 11 is 0. The molecule has 6 nitrogen and oxygen atoms in total. The Bertz CT molecular complexity index is 836. The lowest BCUT2D eigenvalue weighted by atomic mass is 10.2. The number of hydrazone groups is 1. The number of benzene rings is 2. The van der Waals surface area contributed by atoms with Gasteiger partial charge in [0, 0.05) is 32.9 Å². The van der Waals surface area contributed by atoms with Crippen molar-refractivity contribution in [3.63, 3.8) is 0 Å². The predicted octanol–water partition coefficient (Wildman–Crippen LogP) is 5.20. The molecular weight excluding hydrogens is 399 g/mol. The Kier molecular flexibility index (Phi) is 8.20. The fraction of sp³-hybridized carbons (Fsp3) is 0.316. The van der Waals surface area contributed by atoms with Crippen molar-refractivity contribution in [3.05, 3.63) is 60.2 Å². The quantitative estimate of drug-likeness (QED) is 0.377. The average molecular weight is 423 g/mol. The second-order valence-corrected chi connectivity index (χ2v) is 6.61. The molecule has 11 heteroatoms. The van der Waals surface area contributed by atoms with E-state index in [1.807, 2.05) is 42.2 Å². The van der Waals surface area contributed by atoms with Gasteiger partial charge in [0.25, 0.3) is 5.96 Å². The number of anilines is 1. The third-order valence-corrected chi connectivity index (χ3v) is 4.09. The van der Waals surface area contributed by atoms with Crippen LogP contribution in [-0.2, 0) is 6.54 Å². The van der Waals surface area contributed by atoms with Gasteiger partial charge in [0.05, 0.1) is 5.69 Å². The van der Waals surface area contributed by atoms with Crippen LogP contribution < -0.4 is 4.90 Å². The smallest absolute Gasteiger partial charge is 0.418 e. The van der Waals surface area contributed by atoms with Gasteiger partial charge in [0.2, 0.25) is 0 Å². The maximum absolute atomic E-state index is 9.75. The van der Waals surface area contributed by atoms with E-state index in [0.717, 1.165) is 25.4 Å². The van der Waals surface area contributed by atoms with Crippen molar-refractivity contribution in [1.82, 2.24) is 9.91 Å². The van der Waals surface area contributed by atoms with E-state index in [2.05, 4.69) is 63.6 Å². The molecule has 2 aromatic rings. The molecule has 30 heavy (non-hydrogen) atoms. The molecule has 3 rings (SSSR count). The largest absolute Gasteiger partial charge is 0.673 e. The molecule has 0 spiro atoms. The molecule has 162 valence electrons. The van der Waals surface area contributed by atoms with Gasteiger partial charge in [-0.1, -0.05) is 30.3 Å². The van der Waals surface area contributed by atoms with Crippen molar-refractivity contribution < 1.29 is 17.3 Å². The molecule has 0 bridgehead atoms. The Morgan fingerprint density at radius 1 is 0.967 bits per heavy atom. The molecule has 2 aromatic carbocycles. The van der Waals surface area contributed by atoms with Gasteiger partial charge >= 0.3 is 7.25 Å². The van der Waals surface area contributed by atoms with Crippen LogP contribution in [0, 0.1) is 0 Å². The molecule has 0 radical (unpaired) electrons. The minimum atomic E-state index is -6.00. The standard InChI is InChI=1S/C19H24N6.BF4/c1-4-25(14-16-8-6-5-7-9-16)18-12-10-17(11-13-18)20-21-19-22-24(3)15-23(19)2;2-1(3,4)5/h5-13H,4,14-15H2,1-3H3;/q;-1. The van der Waals surface area contributed by atoms with E-state index in [1.165, 1.54) is 11.3 Å². The highest BCUT2D eigenvalue weighted by Crippen LogP contribution is 2.22. The zero-order valence-electron chi connectivity index (χ0n) is 17.1. The number of rotatable bonds is 5. The third-order valence-electron chi connectivity index (χ3n) is 4.09. The molecule has 0 fully saturated rings. The first-order valence-electron chi connectivity index (χ1n) is 9.34. The molecule has 0 unspecified atom stereocenters. The first-order chi connectivity index (χ1) is 14.2. The lowest BCUT2D eigenvalue weighted by molar-refractivity contribution is 0.302. The highest BCUT2D eigenvalue weighted by atomic mass is 19.5. The van der Waals surface area contributed by atoms with Crippen molar-refractivity contribution in [2.24, 2.45) is 15.3 Å². The number of nitrogens with zero attached hydrogens (tertiary/aromatic N) is 6. The molecule has 1 aliphatic rings. The number of halogens is 4. The molecule has 0 N–H and O–H groups in total. The summed E-state index contributed by atoms with van der Waals surface area (Å²) in [6, 6.07) is 18.7. The molecule has 0 aromatic heterocycles. The number of hydrogen-bond donors (Lipinski definition) is 0. The van der Waals surface area contributed by atoms with Gasteiger partial charge < -0.3 is 27.1 Å². The first kappa shape index (κ1) is 23.2.